The van der Waals surface area contributed by atoms with Crippen LogP contribution in [0.3, 0.4) is 0 Å². The van der Waals surface area contributed by atoms with Crippen molar-refractivity contribution in [2.75, 3.05) is 30.9 Å². The topological polar surface area (TPSA) is 48.5 Å². The van der Waals surface area contributed by atoms with Crippen LogP contribution in [0, 0.1) is 0 Å². The zero-order valence-electron chi connectivity index (χ0n) is 19.6. The van der Waals surface area contributed by atoms with Crippen LogP contribution in [0.25, 0.3) is 10.9 Å². The number of nitrogens with zero attached hydrogens (tertiary/aromatic N) is 3. The number of aromatic nitrogens is 1. The third-order valence-corrected chi connectivity index (χ3v) is 6.57. The number of nitrogens with one attached hydrogen (secondary N) is 1. The molecule has 1 N–H and O–H groups in total. The van der Waals surface area contributed by atoms with E-state index in [9.17, 15) is 18.0 Å². The first-order valence-electron chi connectivity index (χ1n) is 11.4. The highest BCUT2D eigenvalue weighted by Crippen LogP contribution is 2.36. The van der Waals surface area contributed by atoms with Gasteiger partial charge in [0, 0.05) is 55.6 Å². The fourth-order valence-electron chi connectivity index (χ4n) is 4.59. The number of para-hydroxylation sites is 1. The molecule has 0 atom stereocenters. The molecule has 0 saturated heterocycles. The van der Waals surface area contributed by atoms with Gasteiger partial charge in [-0.15, -0.1) is 0 Å². The maximum absolute atomic E-state index is 13.5. The predicted molar refractivity (Wildman–Crippen MR) is 129 cm³/mol. The van der Waals surface area contributed by atoms with Gasteiger partial charge in [-0.1, -0.05) is 24.3 Å². The first kappa shape index (κ1) is 23.9. The Kier molecular flexibility index (Phi) is 6.68. The molecule has 0 aliphatic heterocycles. The number of amides is 1. The smallest absolute Gasteiger partial charge is 0.378 e. The van der Waals surface area contributed by atoms with Gasteiger partial charge >= 0.3 is 6.18 Å². The molecule has 3 aromatic rings. The van der Waals surface area contributed by atoms with Gasteiger partial charge in [0.2, 0.25) is 0 Å². The highest BCUT2D eigenvalue weighted by molar-refractivity contribution is 5.95. The number of rotatable bonds is 5. The molecule has 180 valence electrons. The second-order valence-corrected chi connectivity index (χ2v) is 9.08. The van der Waals surface area contributed by atoms with E-state index in [-0.39, 0.29) is 18.0 Å². The van der Waals surface area contributed by atoms with Crippen LogP contribution in [-0.4, -0.2) is 44.1 Å². The maximum atomic E-state index is 13.5. The molecule has 2 aromatic carbocycles. The van der Waals surface area contributed by atoms with Gasteiger partial charge in [0.1, 0.15) is 5.69 Å². The van der Waals surface area contributed by atoms with Gasteiger partial charge in [-0.3, -0.25) is 4.79 Å². The zero-order chi connectivity index (χ0) is 24.5. The summed E-state index contributed by atoms with van der Waals surface area (Å²) in [4.78, 5) is 20.5. The van der Waals surface area contributed by atoms with E-state index < -0.39 is 11.9 Å². The molecule has 0 spiro atoms. The summed E-state index contributed by atoms with van der Waals surface area (Å²) in [6.45, 7) is 0. The Morgan fingerprint density at radius 2 is 1.68 bits per heavy atom. The second-order valence-electron chi connectivity index (χ2n) is 9.08. The van der Waals surface area contributed by atoms with Crippen LogP contribution in [0.4, 0.5) is 24.5 Å². The summed E-state index contributed by atoms with van der Waals surface area (Å²) in [6, 6.07) is 15.7. The van der Waals surface area contributed by atoms with Crippen LogP contribution in [0.5, 0.6) is 0 Å². The molecule has 1 aliphatic rings. The van der Waals surface area contributed by atoms with Crippen molar-refractivity contribution in [3.63, 3.8) is 0 Å². The quantitative estimate of drug-likeness (QED) is 0.535. The highest BCUT2D eigenvalue weighted by Gasteiger charge is 2.34. The van der Waals surface area contributed by atoms with E-state index >= 15 is 0 Å². The summed E-state index contributed by atoms with van der Waals surface area (Å²) < 4.78 is 40.4. The summed E-state index contributed by atoms with van der Waals surface area (Å²) in [6.07, 6.45) is -1.42. The lowest BCUT2D eigenvalue weighted by atomic mass is 9.89. The van der Waals surface area contributed by atoms with E-state index in [1.54, 1.807) is 18.2 Å². The summed E-state index contributed by atoms with van der Waals surface area (Å²) in [7, 11) is 5.70. The molecule has 8 heteroatoms. The van der Waals surface area contributed by atoms with Crippen molar-refractivity contribution in [2.24, 2.45) is 0 Å². The standard InChI is InChI=1S/C26H29F3N4O/c1-32(2)20-8-6-7-17(15-20)25(34)30-18-11-13-19(14-12-18)33(3)23-16-24(26(27,28)29)31-22-10-5-4-9-21(22)23/h4-10,15-16,18-19H,11-14H2,1-3H3,(H,30,34). The van der Waals surface area contributed by atoms with Crippen molar-refractivity contribution in [3.05, 3.63) is 65.9 Å². The van der Waals surface area contributed by atoms with Gasteiger partial charge in [0.15, 0.2) is 0 Å². The minimum absolute atomic E-state index is 0.0417. The van der Waals surface area contributed by atoms with Crippen molar-refractivity contribution in [3.8, 4) is 0 Å². The van der Waals surface area contributed by atoms with Crippen LogP contribution in [0.15, 0.2) is 54.6 Å². The van der Waals surface area contributed by atoms with E-state index in [1.165, 1.54) is 0 Å². The molecule has 0 bridgehead atoms. The lowest BCUT2D eigenvalue weighted by molar-refractivity contribution is -0.140. The van der Waals surface area contributed by atoms with Crippen molar-refractivity contribution in [1.82, 2.24) is 10.3 Å². The summed E-state index contributed by atoms with van der Waals surface area (Å²) in [5.41, 5.74) is 1.56. The average molecular weight is 471 g/mol. The van der Waals surface area contributed by atoms with Gasteiger partial charge in [-0.2, -0.15) is 13.2 Å². The van der Waals surface area contributed by atoms with E-state index in [2.05, 4.69) is 10.3 Å². The van der Waals surface area contributed by atoms with E-state index in [4.69, 9.17) is 0 Å². The summed E-state index contributed by atoms with van der Waals surface area (Å²) in [5.74, 6) is -0.101. The van der Waals surface area contributed by atoms with Gasteiger partial charge in [0.05, 0.1) is 5.52 Å². The number of hydrogen-bond acceptors (Lipinski definition) is 4. The Labute approximate surface area is 197 Å². The first-order valence-corrected chi connectivity index (χ1v) is 11.4. The minimum Gasteiger partial charge on any atom is -0.378 e. The van der Waals surface area contributed by atoms with Crippen LogP contribution in [0.1, 0.15) is 41.7 Å². The number of pyridine rings is 1. The number of hydrogen-bond donors (Lipinski definition) is 1. The molecule has 1 saturated carbocycles. The van der Waals surface area contributed by atoms with Crippen LogP contribution >= 0.6 is 0 Å². The number of carbonyl (C=O) groups excluding carboxylic acids is 1. The number of carbonyl (C=O) groups is 1. The number of anilines is 2. The fourth-order valence-corrected chi connectivity index (χ4v) is 4.59. The number of halogens is 3. The van der Waals surface area contributed by atoms with Crippen LogP contribution in [0.2, 0.25) is 0 Å². The highest BCUT2D eigenvalue weighted by atomic mass is 19.4. The third kappa shape index (κ3) is 5.11. The molecule has 0 unspecified atom stereocenters. The van der Waals surface area contributed by atoms with Crippen LogP contribution in [-0.2, 0) is 6.18 Å². The van der Waals surface area contributed by atoms with Crippen molar-refractivity contribution < 1.29 is 18.0 Å². The van der Waals surface area contributed by atoms with Gasteiger partial charge in [-0.25, -0.2) is 4.98 Å². The number of benzene rings is 2. The normalized spacial score (nSPS) is 18.5. The number of fused-ring (bicyclic) bond motifs is 1. The fraction of sp³-hybridized carbons (Fsp3) is 0.385. The second kappa shape index (κ2) is 9.52. The first-order chi connectivity index (χ1) is 16.1. The van der Waals surface area contributed by atoms with E-state index in [0.29, 0.717) is 22.2 Å². The number of alkyl halides is 3. The van der Waals surface area contributed by atoms with E-state index in [1.807, 2.05) is 61.3 Å². The minimum atomic E-state index is -4.51. The molecule has 1 aliphatic carbocycles. The zero-order valence-corrected chi connectivity index (χ0v) is 19.6. The Balaban J connectivity index is 1.45. The molecule has 1 heterocycles. The van der Waals surface area contributed by atoms with Crippen molar-refractivity contribution in [1.29, 1.82) is 0 Å². The molecule has 1 fully saturated rings. The van der Waals surface area contributed by atoms with Gasteiger partial charge in [0.25, 0.3) is 5.91 Å². The largest absolute Gasteiger partial charge is 0.433 e. The molecule has 34 heavy (non-hydrogen) atoms. The molecule has 1 aromatic heterocycles. The Morgan fingerprint density at radius 3 is 2.35 bits per heavy atom. The Hall–Kier alpha value is -3.29. The monoisotopic (exact) mass is 470 g/mol. The van der Waals surface area contributed by atoms with Crippen molar-refractivity contribution in [2.45, 2.75) is 43.9 Å². The summed E-state index contributed by atoms with van der Waals surface area (Å²) in [5, 5.41) is 3.83. The Morgan fingerprint density at radius 1 is 0.971 bits per heavy atom. The molecular formula is C26H29F3N4O. The molecule has 1 amide bonds. The van der Waals surface area contributed by atoms with Crippen LogP contribution < -0.4 is 15.1 Å². The van der Waals surface area contributed by atoms with E-state index in [0.717, 1.165) is 37.4 Å². The van der Waals surface area contributed by atoms with Gasteiger partial charge < -0.3 is 15.1 Å². The third-order valence-electron chi connectivity index (χ3n) is 6.57. The van der Waals surface area contributed by atoms with Crippen molar-refractivity contribution >= 4 is 28.2 Å². The van der Waals surface area contributed by atoms with Gasteiger partial charge in [-0.05, 0) is 56.0 Å². The molecule has 4 rings (SSSR count). The lowest BCUT2D eigenvalue weighted by Gasteiger charge is -2.37. The average Bonchev–Trinajstić information content (AvgIpc) is 2.83. The predicted octanol–water partition coefficient (Wildman–Crippen LogP) is 5.50. The Bertz CT molecular complexity index is 1170. The lowest BCUT2D eigenvalue weighted by Crippen LogP contribution is -2.43. The summed E-state index contributed by atoms with van der Waals surface area (Å²) >= 11 is 0. The SMILES string of the molecule is CN(C)c1cccc(C(=O)NC2CCC(N(C)c3cc(C(F)(F)F)nc4ccccc34)CC2)c1. The molecular weight excluding hydrogens is 441 g/mol. The molecule has 5 nitrogen and oxygen atoms in total. The maximum Gasteiger partial charge on any atom is 0.433 e. The molecule has 0 radical (unpaired) electrons.